The van der Waals surface area contributed by atoms with E-state index >= 15 is 0 Å². The molecule has 72 valence electrons. The highest BCUT2D eigenvalue weighted by Crippen LogP contribution is 2.17. The fraction of sp³-hybridized carbons (Fsp3) is 0.400. The van der Waals surface area contributed by atoms with Crippen molar-refractivity contribution in [2.45, 2.75) is 11.9 Å². The van der Waals surface area contributed by atoms with Crippen molar-refractivity contribution < 1.29 is 17.7 Å². The first-order chi connectivity index (χ1) is 6.05. The molecule has 0 saturated carbocycles. The van der Waals surface area contributed by atoms with Crippen LogP contribution in [-0.4, -0.2) is 35.0 Å². The van der Waals surface area contributed by atoms with E-state index in [1.54, 1.807) is 6.92 Å². The van der Waals surface area contributed by atoms with E-state index in [0.29, 0.717) is 0 Å². The van der Waals surface area contributed by atoms with Crippen LogP contribution >= 0.6 is 0 Å². The van der Waals surface area contributed by atoms with Crippen LogP contribution in [0.15, 0.2) is 11.2 Å². The first kappa shape index (κ1) is 9.81. The molecule has 0 atom stereocenters. The molecule has 0 fully saturated rings. The molecule has 0 bridgehead atoms. The summed E-state index contributed by atoms with van der Waals surface area (Å²) in [6.07, 6.45) is 1.07. The summed E-state index contributed by atoms with van der Waals surface area (Å²) in [4.78, 5) is 0. The fourth-order valence-corrected chi connectivity index (χ4v) is 1.19. The van der Waals surface area contributed by atoms with E-state index in [4.69, 9.17) is 9.29 Å². The lowest BCUT2D eigenvalue weighted by atomic mass is 10.6. The molecule has 1 aromatic heterocycles. The Labute approximate surface area is 74.5 Å². The SMILES string of the molecule is CCOc1cnnnc1S(=O)(=O)O. The first-order valence-electron chi connectivity index (χ1n) is 3.34. The molecule has 0 amide bonds. The quantitative estimate of drug-likeness (QED) is 0.664. The predicted octanol–water partition coefficient (Wildman–Crippen LogP) is -0.483. The van der Waals surface area contributed by atoms with Crippen LogP contribution < -0.4 is 4.74 Å². The van der Waals surface area contributed by atoms with Crippen molar-refractivity contribution in [2.24, 2.45) is 0 Å². The van der Waals surface area contributed by atoms with Gasteiger partial charge in [-0.15, -0.1) is 10.2 Å². The second kappa shape index (κ2) is 3.62. The zero-order valence-electron chi connectivity index (χ0n) is 6.71. The highest BCUT2D eigenvalue weighted by molar-refractivity contribution is 7.85. The lowest BCUT2D eigenvalue weighted by molar-refractivity contribution is 0.320. The van der Waals surface area contributed by atoms with E-state index in [-0.39, 0.29) is 12.4 Å². The van der Waals surface area contributed by atoms with Gasteiger partial charge >= 0.3 is 10.1 Å². The number of aromatic nitrogens is 3. The zero-order chi connectivity index (χ0) is 9.90. The van der Waals surface area contributed by atoms with Gasteiger partial charge in [0.05, 0.1) is 12.8 Å². The van der Waals surface area contributed by atoms with Crippen LogP contribution in [0.5, 0.6) is 5.75 Å². The maximum atomic E-state index is 10.7. The normalized spacial score (nSPS) is 11.2. The average molecular weight is 205 g/mol. The molecule has 1 heterocycles. The summed E-state index contributed by atoms with van der Waals surface area (Å²) >= 11 is 0. The molecule has 0 aromatic carbocycles. The molecule has 0 spiro atoms. The van der Waals surface area contributed by atoms with Gasteiger partial charge < -0.3 is 4.74 Å². The summed E-state index contributed by atoms with van der Waals surface area (Å²) < 4.78 is 34.9. The van der Waals surface area contributed by atoms with E-state index in [1.165, 1.54) is 0 Å². The van der Waals surface area contributed by atoms with E-state index in [0.717, 1.165) is 6.20 Å². The number of ether oxygens (including phenoxy) is 1. The summed E-state index contributed by atoms with van der Waals surface area (Å²) in [6, 6.07) is 0. The van der Waals surface area contributed by atoms with Crippen LogP contribution in [0.2, 0.25) is 0 Å². The fourth-order valence-electron chi connectivity index (χ4n) is 0.682. The van der Waals surface area contributed by atoms with Crippen molar-refractivity contribution in [1.29, 1.82) is 0 Å². The van der Waals surface area contributed by atoms with Crippen LogP contribution in [0, 0.1) is 0 Å². The summed E-state index contributed by atoms with van der Waals surface area (Å²) in [6.45, 7) is 1.91. The summed E-state index contributed by atoms with van der Waals surface area (Å²) in [7, 11) is -4.39. The topological polar surface area (TPSA) is 102 Å². The molecule has 0 aliphatic heterocycles. The zero-order valence-corrected chi connectivity index (χ0v) is 7.52. The van der Waals surface area contributed by atoms with Crippen molar-refractivity contribution in [2.75, 3.05) is 6.61 Å². The molecule has 8 heteroatoms. The lowest BCUT2D eigenvalue weighted by Gasteiger charge is -2.03. The summed E-state index contributed by atoms with van der Waals surface area (Å²) in [5, 5.41) is 8.91. The minimum atomic E-state index is -4.39. The maximum absolute atomic E-state index is 10.7. The molecular weight excluding hydrogens is 198 g/mol. The average Bonchev–Trinajstić information content (AvgIpc) is 2.04. The molecule has 0 aliphatic rings. The molecule has 1 N–H and O–H groups in total. The lowest BCUT2D eigenvalue weighted by Crippen LogP contribution is -2.08. The molecule has 0 aliphatic carbocycles. The number of hydrogen-bond acceptors (Lipinski definition) is 6. The van der Waals surface area contributed by atoms with Gasteiger partial charge in [0.15, 0.2) is 5.75 Å². The molecular formula is C5H7N3O4S. The van der Waals surface area contributed by atoms with Crippen LogP contribution in [0.4, 0.5) is 0 Å². The Bertz CT molecular complexity index is 391. The Hall–Kier alpha value is -1.28. The third-order valence-corrected chi connectivity index (χ3v) is 1.89. The highest BCUT2D eigenvalue weighted by Gasteiger charge is 2.19. The number of rotatable bonds is 3. The van der Waals surface area contributed by atoms with E-state index in [2.05, 4.69) is 15.4 Å². The van der Waals surface area contributed by atoms with Gasteiger partial charge in [0.2, 0.25) is 5.03 Å². The van der Waals surface area contributed by atoms with Crippen LogP contribution in [0.3, 0.4) is 0 Å². The minimum Gasteiger partial charge on any atom is -0.489 e. The monoisotopic (exact) mass is 205 g/mol. The van der Waals surface area contributed by atoms with Crippen molar-refractivity contribution in [3.63, 3.8) is 0 Å². The Morgan fingerprint density at radius 1 is 1.62 bits per heavy atom. The second-order valence-corrected chi connectivity index (χ2v) is 3.35. The van der Waals surface area contributed by atoms with E-state index in [1.807, 2.05) is 0 Å². The molecule has 0 radical (unpaired) electrons. The van der Waals surface area contributed by atoms with Crippen molar-refractivity contribution in [1.82, 2.24) is 15.4 Å². The van der Waals surface area contributed by atoms with Crippen LogP contribution in [0.25, 0.3) is 0 Å². The first-order valence-corrected chi connectivity index (χ1v) is 4.78. The van der Waals surface area contributed by atoms with Gasteiger partial charge in [-0.05, 0) is 12.1 Å². The third-order valence-electron chi connectivity index (χ3n) is 1.12. The molecule has 13 heavy (non-hydrogen) atoms. The summed E-state index contributed by atoms with van der Waals surface area (Å²) in [5.74, 6) is -0.111. The maximum Gasteiger partial charge on any atom is 0.317 e. The molecule has 1 rings (SSSR count). The van der Waals surface area contributed by atoms with Crippen molar-refractivity contribution in [3.05, 3.63) is 6.20 Å². The Morgan fingerprint density at radius 3 is 2.85 bits per heavy atom. The summed E-state index contributed by atoms with van der Waals surface area (Å²) in [5.41, 5.74) is 0. The van der Waals surface area contributed by atoms with Gasteiger partial charge in [-0.3, -0.25) is 4.55 Å². The van der Waals surface area contributed by atoms with Crippen molar-refractivity contribution in [3.8, 4) is 5.75 Å². The molecule has 0 saturated heterocycles. The number of nitrogens with zero attached hydrogens (tertiary/aromatic N) is 3. The molecule has 7 nitrogen and oxygen atoms in total. The van der Waals surface area contributed by atoms with E-state index < -0.39 is 15.1 Å². The minimum absolute atomic E-state index is 0.111. The second-order valence-electron chi connectivity index (χ2n) is 2.01. The van der Waals surface area contributed by atoms with Gasteiger partial charge in [0, 0.05) is 0 Å². The van der Waals surface area contributed by atoms with Gasteiger partial charge in [0.1, 0.15) is 0 Å². The largest absolute Gasteiger partial charge is 0.489 e. The Balaban J connectivity index is 3.20. The predicted molar refractivity (Wildman–Crippen MR) is 40.8 cm³/mol. The van der Waals surface area contributed by atoms with Crippen LogP contribution in [-0.2, 0) is 10.1 Å². The van der Waals surface area contributed by atoms with Gasteiger partial charge in [-0.1, -0.05) is 0 Å². The van der Waals surface area contributed by atoms with Gasteiger partial charge in [0.25, 0.3) is 0 Å². The van der Waals surface area contributed by atoms with Gasteiger partial charge in [-0.2, -0.15) is 8.42 Å². The Kier molecular flexibility index (Phi) is 2.73. The van der Waals surface area contributed by atoms with Crippen LogP contribution in [0.1, 0.15) is 6.92 Å². The number of hydrogen-bond donors (Lipinski definition) is 1. The standard InChI is InChI=1S/C5H7N3O4S/c1-2-12-4-3-6-8-7-5(4)13(9,10)11/h3H,2H2,1H3,(H,9,10,11). The van der Waals surface area contributed by atoms with E-state index in [9.17, 15) is 8.42 Å². The highest BCUT2D eigenvalue weighted by atomic mass is 32.2. The van der Waals surface area contributed by atoms with Gasteiger partial charge in [-0.25, -0.2) is 0 Å². The van der Waals surface area contributed by atoms with Crippen molar-refractivity contribution >= 4 is 10.1 Å². The molecule has 0 unspecified atom stereocenters. The smallest absolute Gasteiger partial charge is 0.317 e. The Morgan fingerprint density at radius 2 is 2.31 bits per heavy atom. The molecule has 1 aromatic rings. The third kappa shape index (κ3) is 2.33.